The Morgan fingerprint density at radius 2 is 1.88 bits per heavy atom. The third-order valence-electron chi connectivity index (χ3n) is 3.37. The molecule has 0 fully saturated rings. The Morgan fingerprint density at radius 3 is 2.52 bits per heavy atom. The molecule has 0 radical (unpaired) electrons. The topological polar surface area (TPSA) is 93.2 Å². The fraction of sp³-hybridized carbons (Fsp3) is 0.333. The molecule has 1 heterocycles. The predicted molar refractivity (Wildman–Crippen MR) is 94.3 cm³/mol. The molecule has 0 unspecified atom stereocenters. The second kappa shape index (κ2) is 9.36. The van der Waals surface area contributed by atoms with Crippen LogP contribution >= 0.6 is 0 Å². The van der Waals surface area contributed by atoms with Crippen molar-refractivity contribution in [1.82, 2.24) is 15.3 Å². The van der Waals surface area contributed by atoms with Gasteiger partial charge in [-0.2, -0.15) is 0 Å². The third-order valence-corrected chi connectivity index (χ3v) is 3.37. The molecule has 2 amide bonds. The highest BCUT2D eigenvalue weighted by Gasteiger charge is 2.08. The minimum absolute atomic E-state index is 0.279. The molecule has 0 spiro atoms. The van der Waals surface area contributed by atoms with E-state index in [2.05, 4.69) is 20.6 Å². The summed E-state index contributed by atoms with van der Waals surface area (Å²) in [5, 5.41) is 5.39. The number of hydrogen-bond donors (Lipinski definition) is 2. The fourth-order valence-corrected chi connectivity index (χ4v) is 1.94. The van der Waals surface area contributed by atoms with E-state index in [0.717, 1.165) is 18.5 Å². The molecule has 1 aromatic heterocycles. The molecular weight excluding hydrogens is 320 g/mol. The van der Waals surface area contributed by atoms with Gasteiger partial charge >= 0.3 is 12.0 Å². The van der Waals surface area contributed by atoms with Gasteiger partial charge in [-0.3, -0.25) is 9.97 Å². The molecule has 2 aromatic rings. The number of unbranched alkanes of at least 4 members (excludes halogenated alkanes) is 1. The molecule has 0 bridgehead atoms. The number of anilines is 1. The first-order chi connectivity index (χ1) is 12.1. The van der Waals surface area contributed by atoms with Crippen LogP contribution < -0.4 is 10.6 Å². The van der Waals surface area contributed by atoms with Gasteiger partial charge in [-0.1, -0.05) is 13.3 Å². The van der Waals surface area contributed by atoms with Gasteiger partial charge in [-0.05, 0) is 37.6 Å². The van der Waals surface area contributed by atoms with Crippen LogP contribution in [0.5, 0.6) is 0 Å². The fourth-order valence-electron chi connectivity index (χ4n) is 1.94. The van der Waals surface area contributed by atoms with Crippen molar-refractivity contribution in [2.45, 2.75) is 33.2 Å². The summed E-state index contributed by atoms with van der Waals surface area (Å²) < 4.78 is 5.13. The number of ether oxygens (including phenoxy) is 1. The summed E-state index contributed by atoms with van der Waals surface area (Å²) in [6.45, 7) is 4.57. The minimum atomic E-state index is -0.361. The summed E-state index contributed by atoms with van der Waals surface area (Å²) in [7, 11) is 0. The lowest BCUT2D eigenvalue weighted by Gasteiger charge is -2.08. The highest BCUT2D eigenvalue weighted by molar-refractivity contribution is 5.92. The second-order valence-corrected chi connectivity index (χ2v) is 5.52. The summed E-state index contributed by atoms with van der Waals surface area (Å²) in [6, 6.07) is 6.19. The number of carbonyl (C=O) groups is 2. The quantitative estimate of drug-likeness (QED) is 0.596. The summed E-state index contributed by atoms with van der Waals surface area (Å²) in [5.41, 5.74) is 2.53. The number of esters is 1. The number of urea groups is 1. The van der Waals surface area contributed by atoms with Gasteiger partial charge < -0.3 is 15.4 Å². The molecule has 0 atom stereocenters. The van der Waals surface area contributed by atoms with Crippen molar-refractivity contribution < 1.29 is 14.3 Å². The lowest BCUT2D eigenvalue weighted by atomic mass is 10.2. The van der Waals surface area contributed by atoms with E-state index in [1.807, 2.05) is 13.8 Å². The first-order valence-corrected chi connectivity index (χ1v) is 8.18. The van der Waals surface area contributed by atoms with Gasteiger partial charge in [0.2, 0.25) is 0 Å². The van der Waals surface area contributed by atoms with E-state index in [0.29, 0.717) is 23.6 Å². The highest BCUT2D eigenvalue weighted by atomic mass is 16.5. The van der Waals surface area contributed by atoms with Crippen LogP contribution in [0.3, 0.4) is 0 Å². The van der Waals surface area contributed by atoms with Crippen LogP contribution in [-0.2, 0) is 11.3 Å². The monoisotopic (exact) mass is 342 g/mol. The van der Waals surface area contributed by atoms with Crippen molar-refractivity contribution in [3.8, 4) is 0 Å². The maximum atomic E-state index is 11.9. The average Bonchev–Trinajstić information content (AvgIpc) is 2.62. The smallest absolute Gasteiger partial charge is 0.338 e. The van der Waals surface area contributed by atoms with E-state index in [9.17, 15) is 9.59 Å². The van der Waals surface area contributed by atoms with E-state index in [4.69, 9.17) is 4.74 Å². The molecular formula is C18H22N4O3. The molecule has 2 rings (SSSR count). The highest BCUT2D eigenvalue weighted by Crippen LogP contribution is 2.11. The number of aromatic nitrogens is 2. The summed E-state index contributed by atoms with van der Waals surface area (Å²) in [5.74, 6) is -0.359. The zero-order chi connectivity index (χ0) is 18.1. The van der Waals surface area contributed by atoms with Crippen molar-refractivity contribution in [1.29, 1.82) is 0 Å². The Bertz CT molecular complexity index is 699. The number of carbonyl (C=O) groups excluding carboxylic acids is 2. The molecule has 25 heavy (non-hydrogen) atoms. The molecule has 2 N–H and O–H groups in total. The van der Waals surface area contributed by atoms with Gasteiger partial charge in [-0.25, -0.2) is 9.59 Å². The van der Waals surface area contributed by atoms with Crippen LogP contribution in [-0.4, -0.2) is 28.6 Å². The molecule has 0 aliphatic rings. The predicted octanol–water partition coefficient (Wildman–Crippen LogP) is 3.06. The first kappa shape index (κ1) is 18.4. The van der Waals surface area contributed by atoms with E-state index in [1.165, 1.54) is 0 Å². The van der Waals surface area contributed by atoms with Crippen molar-refractivity contribution in [3.63, 3.8) is 0 Å². The Morgan fingerprint density at radius 1 is 1.12 bits per heavy atom. The van der Waals surface area contributed by atoms with Gasteiger partial charge in [0.1, 0.15) is 0 Å². The number of rotatable bonds is 7. The minimum Gasteiger partial charge on any atom is -0.462 e. The van der Waals surface area contributed by atoms with Crippen molar-refractivity contribution in [2.24, 2.45) is 0 Å². The van der Waals surface area contributed by atoms with Gasteiger partial charge in [0.15, 0.2) is 0 Å². The number of benzene rings is 1. The van der Waals surface area contributed by atoms with E-state index < -0.39 is 0 Å². The first-order valence-electron chi connectivity index (χ1n) is 8.18. The molecule has 0 aliphatic heterocycles. The number of nitrogens with one attached hydrogen (secondary N) is 2. The molecule has 7 nitrogen and oxygen atoms in total. The molecule has 0 aliphatic carbocycles. The largest absolute Gasteiger partial charge is 0.462 e. The van der Waals surface area contributed by atoms with Crippen molar-refractivity contribution in [2.75, 3.05) is 11.9 Å². The van der Waals surface area contributed by atoms with Gasteiger partial charge in [0.25, 0.3) is 0 Å². The van der Waals surface area contributed by atoms with Crippen LogP contribution in [0, 0.1) is 6.92 Å². The third kappa shape index (κ3) is 6.21. The SMILES string of the molecule is CCCCOC(=O)c1ccc(NC(=O)NCc2cnc(C)cn2)cc1. The van der Waals surface area contributed by atoms with Crippen LogP contribution in [0.25, 0.3) is 0 Å². The maximum absolute atomic E-state index is 11.9. The number of hydrogen-bond acceptors (Lipinski definition) is 5. The molecule has 7 heteroatoms. The number of aryl methyl sites for hydroxylation is 1. The summed E-state index contributed by atoms with van der Waals surface area (Å²) in [4.78, 5) is 32.0. The number of nitrogens with zero attached hydrogens (tertiary/aromatic N) is 2. The van der Waals surface area contributed by atoms with Crippen LogP contribution in [0.1, 0.15) is 41.5 Å². The van der Waals surface area contributed by atoms with Gasteiger partial charge in [0.05, 0.1) is 36.3 Å². The molecule has 0 saturated heterocycles. The Balaban J connectivity index is 1.80. The van der Waals surface area contributed by atoms with E-state index in [1.54, 1.807) is 36.7 Å². The lowest BCUT2D eigenvalue weighted by molar-refractivity contribution is 0.0500. The normalized spacial score (nSPS) is 10.2. The van der Waals surface area contributed by atoms with Gasteiger partial charge in [0, 0.05) is 11.9 Å². The van der Waals surface area contributed by atoms with Gasteiger partial charge in [-0.15, -0.1) is 0 Å². The van der Waals surface area contributed by atoms with E-state index in [-0.39, 0.29) is 18.5 Å². The zero-order valence-corrected chi connectivity index (χ0v) is 14.4. The Hall–Kier alpha value is -2.96. The Kier molecular flexibility index (Phi) is 6.88. The molecule has 1 aromatic carbocycles. The summed E-state index contributed by atoms with van der Waals surface area (Å²) >= 11 is 0. The number of amides is 2. The summed E-state index contributed by atoms with van der Waals surface area (Å²) in [6.07, 6.45) is 5.08. The van der Waals surface area contributed by atoms with Crippen LogP contribution in [0.15, 0.2) is 36.7 Å². The zero-order valence-electron chi connectivity index (χ0n) is 14.4. The second-order valence-electron chi connectivity index (χ2n) is 5.52. The molecule has 0 saturated carbocycles. The average molecular weight is 342 g/mol. The maximum Gasteiger partial charge on any atom is 0.338 e. The van der Waals surface area contributed by atoms with Crippen LogP contribution in [0.2, 0.25) is 0 Å². The van der Waals surface area contributed by atoms with E-state index >= 15 is 0 Å². The van der Waals surface area contributed by atoms with Crippen molar-refractivity contribution >= 4 is 17.7 Å². The molecule has 132 valence electrons. The Labute approximate surface area is 146 Å². The lowest BCUT2D eigenvalue weighted by Crippen LogP contribution is -2.28. The van der Waals surface area contributed by atoms with Crippen LogP contribution in [0.4, 0.5) is 10.5 Å². The van der Waals surface area contributed by atoms with Crippen molar-refractivity contribution in [3.05, 3.63) is 53.6 Å². The standard InChI is InChI=1S/C18H22N4O3/c1-3-4-9-25-17(23)14-5-7-15(8-6-14)22-18(24)21-12-16-11-19-13(2)10-20-16/h5-8,10-11H,3-4,9,12H2,1-2H3,(H2,21,22,24).